The normalized spacial score (nSPS) is 17.9. The van der Waals surface area contributed by atoms with Gasteiger partial charge in [0.1, 0.15) is 5.76 Å². The van der Waals surface area contributed by atoms with Gasteiger partial charge in [0.05, 0.1) is 12.8 Å². The average Bonchev–Trinajstić information content (AvgIpc) is 2.76. The molecule has 0 bridgehead atoms. The molecule has 0 unspecified atom stereocenters. The SMILES string of the molecule is NCc1occc1CN1CC=C(C(F)(F)F)CC1. The van der Waals surface area contributed by atoms with Gasteiger partial charge < -0.3 is 10.2 Å². The Kier molecular flexibility index (Phi) is 3.77. The zero-order valence-corrected chi connectivity index (χ0v) is 9.83. The van der Waals surface area contributed by atoms with Crippen LogP contribution in [-0.2, 0) is 13.1 Å². The quantitative estimate of drug-likeness (QED) is 0.849. The molecule has 0 aromatic carbocycles. The number of nitrogens with two attached hydrogens (primary N) is 1. The van der Waals surface area contributed by atoms with Crippen molar-refractivity contribution in [1.29, 1.82) is 0 Å². The van der Waals surface area contributed by atoms with Gasteiger partial charge >= 0.3 is 6.18 Å². The van der Waals surface area contributed by atoms with E-state index in [2.05, 4.69) is 0 Å². The van der Waals surface area contributed by atoms with Gasteiger partial charge in [-0.1, -0.05) is 6.08 Å². The molecule has 0 atom stereocenters. The van der Waals surface area contributed by atoms with Gasteiger partial charge in [-0.05, 0) is 12.5 Å². The Labute approximate surface area is 103 Å². The number of nitrogens with zero attached hydrogens (tertiary/aromatic N) is 1. The summed E-state index contributed by atoms with van der Waals surface area (Å²) in [6.45, 7) is 1.59. The lowest BCUT2D eigenvalue weighted by atomic mass is 10.1. The number of hydrogen-bond acceptors (Lipinski definition) is 3. The first-order chi connectivity index (χ1) is 8.50. The number of hydrogen-bond donors (Lipinski definition) is 1. The lowest BCUT2D eigenvalue weighted by Gasteiger charge is -2.26. The van der Waals surface area contributed by atoms with Gasteiger partial charge in [-0.3, -0.25) is 4.90 Å². The monoisotopic (exact) mass is 260 g/mol. The second-order valence-corrected chi connectivity index (χ2v) is 4.29. The molecular weight excluding hydrogens is 245 g/mol. The van der Waals surface area contributed by atoms with E-state index in [0.717, 1.165) is 5.56 Å². The van der Waals surface area contributed by atoms with Gasteiger partial charge in [-0.25, -0.2) is 0 Å². The lowest BCUT2D eigenvalue weighted by molar-refractivity contribution is -0.0960. The zero-order chi connectivity index (χ0) is 13.2. The first-order valence-electron chi connectivity index (χ1n) is 5.74. The highest BCUT2D eigenvalue weighted by Crippen LogP contribution is 2.30. The van der Waals surface area contributed by atoms with Crippen LogP contribution in [0.3, 0.4) is 0 Å². The van der Waals surface area contributed by atoms with Crippen LogP contribution in [-0.4, -0.2) is 24.2 Å². The van der Waals surface area contributed by atoms with Gasteiger partial charge in [0, 0.05) is 30.8 Å². The smallest absolute Gasteiger partial charge is 0.412 e. The van der Waals surface area contributed by atoms with Crippen LogP contribution in [0.5, 0.6) is 0 Å². The Hall–Kier alpha value is -1.27. The Morgan fingerprint density at radius 1 is 1.39 bits per heavy atom. The molecule has 18 heavy (non-hydrogen) atoms. The fraction of sp³-hybridized carbons (Fsp3) is 0.500. The van der Waals surface area contributed by atoms with Crippen molar-refractivity contribution >= 4 is 0 Å². The highest BCUT2D eigenvalue weighted by Gasteiger charge is 2.34. The molecule has 0 saturated heterocycles. The second-order valence-electron chi connectivity index (χ2n) is 4.29. The van der Waals surface area contributed by atoms with Crippen LogP contribution in [0.2, 0.25) is 0 Å². The van der Waals surface area contributed by atoms with Gasteiger partial charge in [-0.2, -0.15) is 13.2 Å². The third-order valence-electron chi connectivity index (χ3n) is 3.07. The molecule has 0 spiro atoms. The summed E-state index contributed by atoms with van der Waals surface area (Å²) in [5.74, 6) is 0.695. The average molecular weight is 260 g/mol. The molecule has 0 saturated carbocycles. The maximum absolute atomic E-state index is 12.4. The van der Waals surface area contributed by atoms with Crippen molar-refractivity contribution in [3.8, 4) is 0 Å². The van der Waals surface area contributed by atoms with Crippen LogP contribution >= 0.6 is 0 Å². The van der Waals surface area contributed by atoms with Crippen LogP contribution in [0.15, 0.2) is 28.4 Å². The molecular formula is C12H15F3N2O. The van der Waals surface area contributed by atoms with Crippen molar-refractivity contribution in [1.82, 2.24) is 4.90 Å². The second kappa shape index (κ2) is 5.16. The van der Waals surface area contributed by atoms with Gasteiger partial charge in [-0.15, -0.1) is 0 Å². The van der Waals surface area contributed by atoms with Crippen molar-refractivity contribution in [3.05, 3.63) is 35.3 Å². The largest absolute Gasteiger partial charge is 0.468 e. The maximum atomic E-state index is 12.4. The first kappa shape index (κ1) is 13.2. The van der Waals surface area contributed by atoms with E-state index in [1.165, 1.54) is 6.08 Å². The summed E-state index contributed by atoms with van der Waals surface area (Å²) < 4.78 is 42.5. The van der Waals surface area contributed by atoms with E-state index in [-0.39, 0.29) is 6.42 Å². The molecule has 6 heteroatoms. The molecule has 2 rings (SSSR count). The lowest BCUT2D eigenvalue weighted by Crippen LogP contribution is -2.31. The van der Waals surface area contributed by atoms with E-state index >= 15 is 0 Å². The van der Waals surface area contributed by atoms with Gasteiger partial charge in [0.2, 0.25) is 0 Å². The summed E-state index contributed by atoms with van der Waals surface area (Å²) in [5.41, 5.74) is 6.03. The van der Waals surface area contributed by atoms with Crippen LogP contribution < -0.4 is 5.73 Å². The predicted molar refractivity (Wildman–Crippen MR) is 60.6 cm³/mol. The van der Waals surface area contributed by atoms with E-state index < -0.39 is 11.7 Å². The number of halogens is 3. The molecule has 1 aromatic rings. The highest BCUT2D eigenvalue weighted by molar-refractivity contribution is 5.18. The first-order valence-corrected chi connectivity index (χ1v) is 5.74. The minimum absolute atomic E-state index is 0.0410. The molecule has 2 heterocycles. The standard InChI is InChI=1S/C12H15F3N2O/c13-12(14,15)10-1-4-17(5-2-10)8-9-3-6-18-11(9)7-16/h1,3,6H,2,4-5,7-8,16H2. The van der Waals surface area contributed by atoms with Gasteiger partial charge in [0.15, 0.2) is 0 Å². The van der Waals surface area contributed by atoms with Crippen molar-refractivity contribution in [2.24, 2.45) is 5.73 Å². The van der Waals surface area contributed by atoms with E-state index in [1.54, 1.807) is 6.26 Å². The van der Waals surface area contributed by atoms with Crippen LogP contribution in [0.4, 0.5) is 13.2 Å². The van der Waals surface area contributed by atoms with E-state index in [0.29, 0.717) is 31.9 Å². The maximum Gasteiger partial charge on any atom is 0.412 e. The molecule has 2 N–H and O–H groups in total. The molecule has 1 aliphatic rings. The Morgan fingerprint density at radius 3 is 2.72 bits per heavy atom. The molecule has 1 aromatic heterocycles. The number of alkyl halides is 3. The van der Waals surface area contributed by atoms with Crippen LogP contribution in [0, 0.1) is 0 Å². The van der Waals surface area contributed by atoms with E-state index in [4.69, 9.17) is 10.2 Å². The molecule has 0 amide bonds. The number of furan rings is 1. The van der Waals surface area contributed by atoms with Crippen LogP contribution in [0.1, 0.15) is 17.7 Å². The molecule has 3 nitrogen and oxygen atoms in total. The highest BCUT2D eigenvalue weighted by atomic mass is 19.4. The van der Waals surface area contributed by atoms with Crippen molar-refractivity contribution in [2.45, 2.75) is 25.7 Å². The third-order valence-corrected chi connectivity index (χ3v) is 3.07. The fourth-order valence-electron chi connectivity index (χ4n) is 2.04. The van der Waals surface area contributed by atoms with Crippen LogP contribution in [0.25, 0.3) is 0 Å². The third kappa shape index (κ3) is 2.94. The Balaban J connectivity index is 1.97. The fourth-order valence-corrected chi connectivity index (χ4v) is 2.04. The summed E-state index contributed by atoms with van der Waals surface area (Å²) in [7, 11) is 0. The molecule has 0 radical (unpaired) electrons. The summed E-state index contributed by atoms with van der Waals surface area (Å²) in [4.78, 5) is 1.94. The topological polar surface area (TPSA) is 42.4 Å². The summed E-state index contributed by atoms with van der Waals surface area (Å²) >= 11 is 0. The molecule has 0 aliphatic carbocycles. The van der Waals surface area contributed by atoms with E-state index in [1.807, 2.05) is 11.0 Å². The number of rotatable bonds is 3. The minimum Gasteiger partial charge on any atom is -0.468 e. The summed E-state index contributed by atoms with van der Waals surface area (Å²) in [6, 6.07) is 1.81. The Morgan fingerprint density at radius 2 is 2.17 bits per heavy atom. The predicted octanol–water partition coefficient (Wildman–Crippen LogP) is 2.43. The van der Waals surface area contributed by atoms with Crippen molar-refractivity contribution in [2.75, 3.05) is 13.1 Å². The molecule has 0 fully saturated rings. The summed E-state index contributed by atoms with van der Waals surface area (Å²) in [6.07, 6.45) is -1.34. The molecule has 100 valence electrons. The Bertz CT molecular complexity index is 437. The van der Waals surface area contributed by atoms with E-state index in [9.17, 15) is 13.2 Å². The zero-order valence-electron chi connectivity index (χ0n) is 9.83. The van der Waals surface area contributed by atoms with Gasteiger partial charge in [0.25, 0.3) is 0 Å². The van der Waals surface area contributed by atoms with Crippen molar-refractivity contribution in [3.63, 3.8) is 0 Å². The molecule has 1 aliphatic heterocycles. The minimum atomic E-state index is -4.19. The van der Waals surface area contributed by atoms with Crippen molar-refractivity contribution < 1.29 is 17.6 Å². The summed E-state index contributed by atoms with van der Waals surface area (Å²) in [5, 5.41) is 0.